The van der Waals surface area contributed by atoms with Crippen molar-refractivity contribution in [3.63, 3.8) is 0 Å². The Bertz CT molecular complexity index is 312. The molecule has 5 heteroatoms. The van der Waals surface area contributed by atoms with E-state index < -0.39 is 5.91 Å². The smallest absolute Gasteiger partial charge is 0.286 e. The molecule has 0 bridgehead atoms. The van der Waals surface area contributed by atoms with E-state index in [0.29, 0.717) is 11.6 Å². The minimum absolute atomic E-state index is 0.0214. The van der Waals surface area contributed by atoms with Gasteiger partial charge in [0.1, 0.15) is 0 Å². The first kappa shape index (κ1) is 8.45. The fourth-order valence-corrected chi connectivity index (χ4v) is 0.754. The lowest BCUT2D eigenvalue weighted by atomic mass is 10.4. The number of carbonyl (C=O) groups excluding carboxylic acids is 1. The Morgan fingerprint density at radius 2 is 2.25 bits per heavy atom. The van der Waals surface area contributed by atoms with Gasteiger partial charge in [-0.1, -0.05) is 0 Å². The lowest BCUT2D eigenvalue weighted by molar-refractivity contribution is 0.0989. The summed E-state index contributed by atoms with van der Waals surface area (Å²) >= 11 is 0. The van der Waals surface area contributed by atoms with Crippen molar-refractivity contribution in [1.29, 1.82) is 0 Å². The Kier molecular flexibility index (Phi) is 2.23. The largest absolute Gasteiger partial charge is 0.481 e. The zero-order valence-electron chi connectivity index (χ0n) is 6.87. The second-order valence-electron chi connectivity index (χ2n) is 2.24. The maximum absolute atomic E-state index is 10.7. The highest BCUT2D eigenvalue weighted by atomic mass is 16.5. The summed E-state index contributed by atoms with van der Waals surface area (Å²) in [6.07, 6.45) is 0. The summed E-state index contributed by atoms with van der Waals surface area (Å²) < 4.78 is 4.83. The number of aryl methyl sites for hydroxylation is 1. The summed E-state index contributed by atoms with van der Waals surface area (Å²) in [7, 11) is 1.46. The predicted molar refractivity (Wildman–Crippen MR) is 41.8 cm³/mol. The highest BCUT2D eigenvalue weighted by molar-refractivity contribution is 5.88. The molecule has 1 heterocycles. The van der Waals surface area contributed by atoms with Crippen LogP contribution in [0.5, 0.6) is 5.88 Å². The first-order valence-corrected chi connectivity index (χ1v) is 3.33. The van der Waals surface area contributed by atoms with Crippen LogP contribution >= 0.6 is 0 Å². The third kappa shape index (κ3) is 1.69. The van der Waals surface area contributed by atoms with E-state index in [-0.39, 0.29) is 5.82 Å². The van der Waals surface area contributed by atoms with Gasteiger partial charge < -0.3 is 10.5 Å². The van der Waals surface area contributed by atoms with Crippen molar-refractivity contribution in [1.82, 2.24) is 9.97 Å². The molecule has 12 heavy (non-hydrogen) atoms. The molecule has 0 atom stereocenters. The molecule has 0 aromatic carbocycles. The van der Waals surface area contributed by atoms with E-state index in [9.17, 15) is 4.79 Å². The van der Waals surface area contributed by atoms with Gasteiger partial charge in [-0.05, 0) is 6.92 Å². The van der Waals surface area contributed by atoms with Crippen LogP contribution in [-0.4, -0.2) is 23.0 Å². The number of hydrogen-bond acceptors (Lipinski definition) is 4. The Labute approximate surface area is 69.6 Å². The Morgan fingerprint density at radius 3 is 2.75 bits per heavy atom. The van der Waals surface area contributed by atoms with Gasteiger partial charge in [-0.15, -0.1) is 0 Å². The van der Waals surface area contributed by atoms with Crippen LogP contribution in [0.2, 0.25) is 0 Å². The number of hydrogen-bond donors (Lipinski definition) is 1. The number of amides is 1. The summed E-state index contributed by atoms with van der Waals surface area (Å²) in [4.78, 5) is 18.2. The van der Waals surface area contributed by atoms with E-state index in [1.807, 2.05) is 0 Å². The molecule has 1 aromatic rings. The van der Waals surface area contributed by atoms with Gasteiger partial charge in [-0.25, -0.2) is 4.98 Å². The van der Waals surface area contributed by atoms with Crippen molar-refractivity contribution in [3.8, 4) is 5.88 Å². The van der Waals surface area contributed by atoms with E-state index in [4.69, 9.17) is 10.5 Å². The standard InChI is InChI=1S/C7H9N3O2/c1-4-3-5(12-2)10-7(9-4)6(8)11/h3H,1-2H3,(H2,8,11). The molecule has 0 aliphatic heterocycles. The van der Waals surface area contributed by atoms with Gasteiger partial charge in [0.25, 0.3) is 5.91 Å². The quantitative estimate of drug-likeness (QED) is 0.666. The van der Waals surface area contributed by atoms with Gasteiger partial charge in [0.15, 0.2) is 0 Å². The minimum Gasteiger partial charge on any atom is -0.481 e. The van der Waals surface area contributed by atoms with Crippen LogP contribution in [-0.2, 0) is 0 Å². The number of methoxy groups -OCH3 is 1. The van der Waals surface area contributed by atoms with Crippen LogP contribution < -0.4 is 10.5 Å². The van der Waals surface area contributed by atoms with E-state index in [0.717, 1.165) is 0 Å². The summed E-state index contributed by atoms with van der Waals surface area (Å²) in [5.41, 5.74) is 5.64. The van der Waals surface area contributed by atoms with Crippen molar-refractivity contribution < 1.29 is 9.53 Å². The number of nitrogens with zero attached hydrogens (tertiary/aromatic N) is 2. The van der Waals surface area contributed by atoms with Gasteiger partial charge >= 0.3 is 0 Å². The molecule has 0 saturated heterocycles. The highest BCUT2D eigenvalue weighted by Crippen LogP contribution is 2.06. The number of rotatable bonds is 2. The fraction of sp³-hybridized carbons (Fsp3) is 0.286. The molecule has 1 amide bonds. The third-order valence-corrected chi connectivity index (χ3v) is 1.26. The number of carbonyl (C=O) groups is 1. The van der Waals surface area contributed by atoms with Crippen LogP contribution in [0.3, 0.4) is 0 Å². The second kappa shape index (κ2) is 3.17. The lowest BCUT2D eigenvalue weighted by Gasteiger charge is -2.00. The van der Waals surface area contributed by atoms with Gasteiger partial charge in [-0.3, -0.25) is 4.79 Å². The fourth-order valence-electron chi connectivity index (χ4n) is 0.754. The Balaban J connectivity index is 3.15. The maximum Gasteiger partial charge on any atom is 0.286 e. The van der Waals surface area contributed by atoms with Gasteiger partial charge in [-0.2, -0.15) is 4.98 Å². The monoisotopic (exact) mass is 167 g/mol. The average Bonchev–Trinajstić information content (AvgIpc) is 2.03. The number of ether oxygens (including phenoxy) is 1. The number of primary amides is 1. The molecule has 0 fully saturated rings. The molecule has 0 aliphatic carbocycles. The molecule has 2 N–H and O–H groups in total. The summed E-state index contributed by atoms with van der Waals surface area (Å²) in [5.74, 6) is -0.333. The van der Waals surface area contributed by atoms with Crippen LogP contribution in [0, 0.1) is 6.92 Å². The summed E-state index contributed by atoms with van der Waals surface area (Å²) in [6.45, 7) is 1.73. The van der Waals surface area contributed by atoms with Crippen molar-refractivity contribution >= 4 is 5.91 Å². The van der Waals surface area contributed by atoms with Crippen molar-refractivity contribution in [2.24, 2.45) is 5.73 Å². The third-order valence-electron chi connectivity index (χ3n) is 1.26. The van der Waals surface area contributed by atoms with Gasteiger partial charge in [0.05, 0.1) is 7.11 Å². The SMILES string of the molecule is COc1cc(C)nc(C(N)=O)n1. The molecule has 64 valence electrons. The van der Waals surface area contributed by atoms with Crippen LogP contribution in [0.4, 0.5) is 0 Å². The molecule has 0 spiro atoms. The predicted octanol–water partition coefficient (Wildman–Crippen LogP) is -0.107. The van der Waals surface area contributed by atoms with Crippen LogP contribution in [0.1, 0.15) is 16.3 Å². The van der Waals surface area contributed by atoms with E-state index in [1.54, 1.807) is 13.0 Å². The van der Waals surface area contributed by atoms with E-state index in [1.165, 1.54) is 7.11 Å². The summed E-state index contributed by atoms with van der Waals surface area (Å²) in [6, 6.07) is 1.62. The Hall–Kier alpha value is -1.65. The molecule has 5 nitrogen and oxygen atoms in total. The topological polar surface area (TPSA) is 78.1 Å². The van der Waals surface area contributed by atoms with Crippen molar-refractivity contribution in [2.75, 3.05) is 7.11 Å². The molecular formula is C7H9N3O2. The number of nitrogens with two attached hydrogens (primary N) is 1. The molecule has 1 rings (SSSR count). The zero-order chi connectivity index (χ0) is 9.14. The maximum atomic E-state index is 10.7. The zero-order valence-corrected chi connectivity index (χ0v) is 6.87. The molecule has 0 radical (unpaired) electrons. The second-order valence-corrected chi connectivity index (χ2v) is 2.24. The van der Waals surface area contributed by atoms with Gasteiger partial charge in [0.2, 0.25) is 11.7 Å². The minimum atomic E-state index is -0.656. The molecule has 0 unspecified atom stereocenters. The van der Waals surface area contributed by atoms with Crippen molar-refractivity contribution in [3.05, 3.63) is 17.6 Å². The lowest BCUT2D eigenvalue weighted by Crippen LogP contribution is -2.16. The molecule has 0 aliphatic rings. The summed E-state index contributed by atoms with van der Waals surface area (Å²) in [5, 5.41) is 0. The van der Waals surface area contributed by atoms with Gasteiger partial charge in [0, 0.05) is 11.8 Å². The van der Waals surface area contributed by atoms with E-state index in [2.05, 4.69) is 9.97 Å². The molecule has 1 aromatic heterocycles. The molecular weight excluding hydrogens is 158 g/mol. The van der Waals surface area contributed by atoms with Crippen LogP contribution in [0.25, 0.3) is 0 Å². The first-order chi connectivity index (χ1) is 5.63. The number of aromatic nitrogens is 2. The van der Waals surface area contributed by atoms with E-state index >= 15 is 0 Å². The Morgan fingerprint density at radius 1 is 1.58 bits per heavy atom. The van der Waals surface area contributed by atoms with Crippen molar-refractivity contribution in [2.45, 2.75) is 6.92 Å². The normalized spacial score (nSPS) is 9.50. The van der Waals surface area contributed by atoms with Crippen LogP contribution in [0.15, 0.2) is 6.07 Å². The average molecular weight is 167 g/mol. The first-order valence-electron chi connectivity index (χ1n) is 3.33. The highest BCUT2D eigenvalue weighted by Gasteiger charge is 2.06. The molecule has 0 saturated carbocycles.